The Hall–Kier alpha value is -2.61. The van der Waals surface area contributed by atoms with E-state index < -0.39 is 30.9 Å². The number of fused-ring (bicyclic) bond motifs is 1. The zero-order valence-electron chi connectivity index (χ0n) is 14.0. The first-order chi connectivity index (χ1) is 12.7. The summed E-state index contributed by atoms with van der Waals surface area (Å²) in [5.74, 6) is 0.146. The maximum atomic E-state index is 12.6. The van der Waals surface area contributed by atoms with Crippen LogP contribution in [0.15, 0.2) is 42.5 Å². The van der Waals surface area contributed by atoms with Gasteiger partial charge in [-0.05, 0) is 37.3 Å². The van der Waals surface area contributed by atoms with Crippen molar-refractivity contribution in [1.82, 2.24) is 0 Å². The summed E-state index contributed by atoms with van der Waals surface area (Å²) in [6.07, 6.45) is -6.13. The van der Waals surface area contributed by atoms with Crippen LogP contribution in [0.1, 0.15) is 6.92 Å². The quantitative estimate of drug-likeness (QED) is 0.822. The van der Waals surface area contributed by atoms with Gasteiger partial charge in [0.2, 0.25) is 6.10 Å². The molecule has 1 N–H and O–H groups in total. The van der Waals surface area contributed by atoms with Gasteiger partial charge in [-0.1, -0.05) is 23.7 Å². The molecule has 0 radical (unpaired) electrons. The van der Waals surface area contributed by atoms with E-state index in [1.165, 1.54) is 18.2 Å². The van der Waals surface area contributed by atoms with Crippen LogP contribution in [0.2, 0.25) is 5.02 Å². The van der Waals surface area contributed by atoms with Gasteiger partial charge < -0.3 is 19.5 Å². The lowest BCUT2D eigenvalue weighted by atomic mass is 10.1. The zero-order chi connectivity index (χ0) is 19.6. The van der Waals surface area contributed by atoms with Crippen LogP contribution in [0.4, 0.5) is 18.9 Å². The normalized spacial score (nSPS) is 18.7. The summed E-state index contributed by atoms with van der Waals surface area (Å²) < 4.78 is 53.4. The van der Waals surface area contributed by atoms with Gasteiger partial charge in [0.15, 0.2) is 18.1 Å². The average Bonchev–Trinajstić information content (AvgIpc) is 2.59. The first-order valence-electron chi connectivity index (χ1n) is 7.95. The third-order valence-corrected chi connectivity index (χ3v) is 3.93. The first kappa shape index (κ1) is 19.2. The maximum absolute atomic E-state index is 12.6. The fraction of sp³-hybridized carbons (Fsp3) is 0.278. The summed E-state index contributed by atoms with van der Waals surface area (Å²) in [6.45, 7) is 0.156. The molecule has 2 aromatic rings. The maximum Gasteiger partial charge on any atom is 0.422 e. The number of para-hydroxylation sites is 2. The van der Waals surface area contributed by atoms with Crippen molar-refractivity contribution in [1.29, 1.82) is 0 Å². The summed E-state index contributed by atoms with van der Waals surface area (Å²) in [4.78, 5) is 12.6. The molecule has 0 spiro atoms. The third kappa shape index (κ3) is 4.77. The Morgan fingerprint density at radius 3 is 2.52 bits per heavy atom. The number of alkyl halides is 3. The molecule has 1 heterocycles. The van der Waals surface area contributed by atoms with Crippen molar-refractivity contribution in [2.45, 2.75) is 25.3 Å². The summed E-state index contributed by atoms with van der Waals surface area (Å²) in [5, 5.41) is 2.72. The van der Waals surface area contributed by atoms with Gasteiger partial charge in [0.05, 0.1) is 5.69 Å². The van der Waals surface area contributed by atoms with Crippen molar-refractivity contribution in [3.8, 4) is 17.2 Å². The standard InChI is InChI=1S/C18H15ClF3NO4/c1-10-16(27-15-5-3-2-4-14(15)26-10)17(24)23-12-8-11(19)6-7-13(12)25-9-18(20,21)22/h2-8,10,16H,9H2,1H3,(H,23,24). The van der Waals surface area contributed by atoms with E-state index in [0.717, 1.165) is 0 Å². The Labute approximate surface area is 158 Å². The smallest absolute Gasteiger partial charge is 0.422 e. The fourth-order valence-electron chi connectivity index (χ4n) is 2.50. The molecule has 0 saturated heterocycles. The van der Waals surface area contributed by atoms with Gasteiger partial charge in [-0.2, -0.15) is 13.2 Å². The molecule has 2 aromatic carbocycles. The summed E-state index contributed by atoms with van der Waals surface area (Å²) in [6, 6.07) is 10.8. The second kappa shape index (κ2) is 7.56. The summed E-state index contributed by atoms with van der Waals surface area (Å²) in [5.41, 5.74) is 0.00593. The minimum Gasteiger partial charge on any atom is -0.482 e. The molecule has 0 aromatic heterocycles. The second-order valence-electron chi connectivity index (χ2n) is 5.84. The van der Waals surface area contributed by atoms with Crippen LogP contribution in [-0.2, 0) is 4.79 Å². The van der Waals surface area contributed by atoms with E-state index in [4.69, 9.17) is 25.8 Å². The first-order valence-corrected chi connectivity index (χ1v) is 8.33. The predicted molar refractivity (Wildman–Crippen MR) is 92.6 cm³/mol. The van der Waals surface area contributed by atoms with Gasteiger partial charge in [-0.3, -0.25) is 4.79 Å². The topological polar surface area (TPSA) is 56.8 Å². The van der Waals surface area contributed by atoms with Crippen LogP contribution in [0.3, 0.4) is 0 Å². The number of hydrogen-bond acceptors (Lipinski definition) is 4. The van der Waals surface area contributed by atoms with Crippen LogP contribution in [0.5, 0.6) is 17.2 Å². The number of benzene rings is 2. The number of amides is 1. The minimum atomic E-state index is -4.51. The molecule has 9 heteroatoms. The lowest BCUT2D eigenvalue weighted by Gasteiger charge is -2.31. The lowest BCUT2D eigenvalue weighted by molar-refractivity contribution is -0.153. The van der Waals surface area contributed by atoms with Crippen LogP contribution in [0.25, 0.3) is 0 Å². The van der Waals surface area contributed by atoms with E-state index in [9.17, 15) is 18.0 Å². The number of carbonyl (C=O) groups is 1. The van der Waals surface area contributed by atoms with Crippen LogP contribution >= 0.6 is 11.6 Å². The van der Waals surface area contributed by atoms with Gasteiger partial charge >= 0.3 is 6.18 Å². The molecule has 2 unspecified atom stereocenters. The molecule has 1 aliphatic rings. The molecule has 0 saturated carbocycles. The average molecular weight is 402 g/mol. The number of rotatable bonds is 4. The Morgan fingerprint density at radius 2 is 1.85 bits per heavy atom. The van der Waals surface area contributed by atoms with Crippen LogP contribution in [-0.4, -0.2) is 30.9 Å². The van der Waals surface area contributed by atoms with E-state index in [0.29, 0.717) is 11.5 Å². The number of hydrogen-bond donors (Lipinski definition) is 1. The van der Waals surface area contributed by atoms with E-state index in [1.807, 2.05) is 0 Å². The van der Waals surface area contributed by atoms with Crippen molar-refractivity contribution in [3.05, 3.63) is 47.5 Å². The largest absolute Gasteiger partial charge is 0.482 e. The molecular formula is C18H15ClF3NO4. The highest BCUT2D eigenvalue weighted by Gasteiger charge is 2.35. The lowest BCUT2D eigenvalue weighted by Crippen LogP contribution is -2.46. The molecule has 1 amide bonds. The molecule has 27 heavy (non-hydrogen) atoms. The molecule has 0 bridgehead atoms. The molecule has 5 nitrogen and oxygen atoms in total. The minimum absolute atomic E-state index is 0.00593. The highest BCUT2D eigenvalue weighted by Crippen LogP contribution is 2.35. The van der Waals surface area contributed by atoms with Gasteiger partial charge in [0, 0.05) is 5.02 Å². The molecule has 3 rings (SSSR count). The predicted octanol–water partition coefficient (Wildman–Crippen LogP) is 4.45. The number of ether oxygens (including phenoxy) is 3. The third-order valence-electron chi connectivity index (χ3n) is 3.69. The van der Waals surface area contributed by atoms with E-state index in [2.05, 4.69) is 5.32 Å². The van der Waals surface area contributed by atoms with Gasteiger partial charge in [-0.25, -0.2) is 0 Å². The number of nitrogens with one attached hydrogen (secondary N) is 1. The summed E-state index contributed by atoms with van der Waals surface area (Å²) >= 11 is 5.89. The molecule has 1 aliphatic heterocycles. The van der Waals surface area contributed by atoms with Crippen LogP contribution < -0.4 is 19.5 Å². The number of halogens is 4. The number of anilines is 1. The van der Waals surface area contributed by atoms with E-state index in [-0.39, 0.29) is 16.5 Å². The SMILES string of the molecule is CC1Oc2ccccc2OC1C(=O)Nc1cc(Cl)ccc1OCC(F)(F)F. The molecule has 2 atom stereocenters. The van der Waals surface area contributed by atoms with E-state index >= 15 is 0 Å². The zero-order valence-corrected chi connectivity index (χ0v) is 14.8. The van der Waals surface area contributed by atoms with Crippen LogP contribution in [0, 0.1) is 0 Å². The Kier molecular flexibility index (Phi) is 5.36. The highest BCUT2D eigenvalue weighted by atomic mass is 35.5. The fourth-order valence-corrected chi connectivity index (χ4v) is 2.67. The number of carbonyl (C=O) groups excluding carboxylic acids is 1. The van der Waals surface area contributed by atoms with Gasteiger partial charge in [0.25, 0.3) is 5.91 Å². The Bertz CT molecular complexity index is 844. The molecule has 0 fully saturated rings. The molecule has 144 valence electrons. The van der Waals surface area contributed by atoms with Crippen molar-refractivity contribution in [3.63, 3.8) is 0 Å². The van der Waals surface area contributed by atoms with Crippen molar-refractivity contribution in [2.24, 2.45) is 0 Å². The van der Waals surface area contributed by atoms with E-state index in [1.54, 1.807) is 31.2 Å². The Morgan fingerprint density at radius 1 is 1.19 bits per heavy atom. The Balaban J connectivity index is 1.77. The monoisotopic (exact) mass is 401 g/mol. The van der Waals surface area contributed by atoms with Gasteiger partial charge in [0.1, 0.15) is 11.9 Å². The summed E-state index contributed by atoms with van der Waals surface area (Å²) in [7, 11) is 0. The van der Waals surface area contributed by atoms with Crippen molar-refractivity contribution >= 4 is 23.2 Å². The highest BCUT2D eigenvalue weighted by molar-refractivity contribution is 6.31. The molecular weight excluding hydrogens is 387 g/mol. The van der Waals surface area contributed by atoms with Crippen molar-refractivity contribution in [2.75, 3.05) is 11.9 Å². The second-order valence-corrected chi connectivity index (χ2v) is 6.28. The van der Waals surface area contributed by atoms with Crippen molar-refractivity contribution < 1.29 is 32.2 Å². The van der Waals surface area contributed by atoms with Gasteiger partial charge in [-0.15, -0.1) is 0 Å². The molecule has 0 aliphatic carbocycles.